The summed E-state index contributed by atoms with van der Waals surface area (Å²) < 4.78 is 0. The predicted molar refractivity (Wildman–Crippen MR) is 102 cm³/mol. The van der Waals surface area contributed by atoms with Gasteiger partial charge in [0.2, 0.25) is 0 Å². The van der Waals surface area contributed by atoms with Gasteiger partial charge in [0.05, 0.1) is 5.92 Å². The Kier molecular flexibility index (Phi) is 7.91. The molecule has 0 bridgehead atoms. The van der Waals surface area contributed by atoms with Crippen LogP contribution in [0.25, 0.3) is 0 Å². The highest BCUT2D eigenvalue weighted by molar-refractivity contribution is 5.74. The van der Waals surface area contributed by atoms with Crippen molar-refractivity contribution in [2.24, 2.45) is 5.92 Å². The minimum atomic E-state index is -0.721. The highest BCUT2D eigenvalue weighted by Crippen LogP contribution is 2.24. The quantitative estimate of drug-likeness (QED) is 0.665. The zero-order valence-electron chi connectivity index (χ0n) is 15.8. The third-order valence-corrected chi connectivity index (χ3v) is 5.29. The van der Waals surface area contributed by atoms with Crippen molar-refractivity contribution < 1.29 is 14.7 Å². The SMILES string of the molecule is CC(CCNC(=O)NC1CCC(C(=O)O)CC1)N(C)Cc1ccccc1. The van der Waals surface area contributed by atoms with Crippen molar-refractivity contribution in [2.45, 2.75) is 57.7 Å². The number of carbonyl (C=O) groups is 2. The van der Waals surface area contributed by atoms with Crippen LogP contribution in [-0.2, 0) is 11.3 Å². The van der Waals surface area contributed by atoms with Crippen LogP contribution in [-0.4, -0.2) is 47.7 Å². The molecule has 0 saturated heterocycles. The van der Waals surface area contributed by atoms with Crippen molar-refractivity contribution >= 4 is 12.0 Å². The molecule has 1 aliphatic rings. The molecule has 1 saturated carbocycles. The van der Waals surface area contributed by atoms with Crippen molar-refractivity contribution in [1.29, 1.82) is 0 Å². The lowest BCUT2D eigenvalue weighted by Crippen LogP contribution is -2.45. The van der Waals surface area contributed by atoms with Gasteiger partial charge in [0.1, 0.15) is 0 Å². The molecule has 1 fully saturated rings. The lowest BCUT2D eigenvalue weighted by Gasteiger charge is -2.27. The fourth-order valence-corrected chi connectivity index (χ4v) is 3.36. The average molecular weight is 361 g/mol. The molecule has 3 N–H and O–H groups in total. The maximum atomic E-state index is 12.0. The summed E-state index contributed by atoms with van der Waals surface area (Å²) in [5.41, 5.74) is 1.28. The van der Waals surface area contributed by atoms with E-state index in [-0.39, 0.29) is 18.0 Å². The molecular weight excluding hydrogens is 330 g/mol. The van der Waals surface area contributed by atoms with Crippen molar-refractivity contribution in [3.63, 3.8) is 0 Å². The zero-order valence-corrected chi connectivity index (χ0v) is 15.8. The van der Waals surface area contributed by atoms with E-state index in [0.717, 1.165) is 25.8 Å². The molecule has 1 aromatic carbocycles. The Hall–Kier alpha value is -2.08. The summed E-state index contributed by atoms with van der Waals surface area (Å²) in [5, 5.41) is 14.9. The van der Waals surface area contributed by atoms with Crippen LogP contribution in [0.2, 0.25) is 0 Å². The lowest BCUT2D eigenvalue weighted by molar-refractivity contribution is -0.142. The van der Waals surface area contributed by atoms with Crippen LogP contribution in [0.1, 0.15) is 44.6 Å². The monoisotopic (exact) mass is 361 g/mol. The minimum Gasteiger partial charge on any atom is -0.481 e. The van der Waals surface area contributed by atoms with Crippen molar-refractivity contribution in [3.8, 4) is 0 Å². The summed E-state index contributed by atoms with van der Waals surface area (Å²) in [6, 6.07) is 10.6. The zero-order chi connectivity index (χ0) is 18.9. The van der Waals surface area contributed by atoms with Gasteiger partial charge in [-0.3, -0.25) is 9.69 Å². The molecule has 1 atom stereocenters. The number of carboxylic acids is 1. The molecule has 6 nitrogen and oxygen atoms in total. The van der Waals surface area contributed by atoms with Gasteiger partial charge in [-0.15, -0.1) is 0 Å². The van der Waals surface area contributed by atoms with E-state index in [1.807, 2.05) is 18.2 Å². The first kappa shape index (κ1) is 20.2. The Balaban J connectivity index is 1.61. The number of nitrogens with zero attached hydrogens (tertiary/aromatic N) is 1. The Bertz CT molecular complexity index is 571. The summed E-state index contributed by atoms with van der Waals surface area (Å²) in [6.45, 7) is 3.67. The van der Waals surface area contributed by atoms with Gasteiger partial charge in [0.15, 0.2) is 0 Å². The van der Waals surface area contributed by atoms with Gasteiger partial charge in [-0.1, -0.05) is 30.3 Å². The maximum absolute atomic E-state index is 12.0. The summed E-state index contributed by atoms with van der Waals surface area (Å²) >= 11 is 0. The molecule has 26 heavy (non-hydrogen) atoms. The van der Waals surface area contributed by atoms with Gasteiger partial charge in [-0.05, 0) is 51.6 Å². The molecule has 0 heterocycles. The van der Waals surface area contributed by atoms with Gasteiger partial charge < -0.3 is 15.7 Å². The number of amides is 2. The van der Waals surface area contributed by atoms with Crippen LogP contribution in [0.15, 0.2) is 30.3 Å². The molecule has 0 aromatic heterocycles. The highest BCUT2D eigenvalue weighted by Gasteiger charge is 2.26. The van der Waals surface area contributed by atoms with E-state index >= 15 is 0 Å². The van der Waals surface area contributed by atoms with Crippen LogP contribution in [0.3, 0.4) is 0 Å². The van der Waals surface area contributed by atoms with Crippen LogP contribution in [0.5, 0.6) is 0 Å². The molecule has 0 aliphatic heterocycles. The second-order valence-electron chi connectivity index (χ2n) is 7.33. The predicted octanol–water partition coefficient (Wildman–Crippen LogP) is 2.84. The van der Waals surface area contributed by atoms with Crippen LogP contribution in [0.4, 0.5) is 4.79 Å². The largest absolute Gasteiger partial charge is 0.481 e. The van der Waals surface area contributed by atoms with E-state index in [1.165, 1.54) is 5.56 Å². The summed E-state index contributed by atoms with van der Waals surface area (Å²) in [5.74, 6) is -0.973. The third kappa shape index (κ3) is 6.67. The Morgan fingerprint density at radius 1 is 1.19 bits per heavy atom. The number of benzene rings is 1. The van der Waals surface area contributed by atoms with Crippen LogP contribution in [0, 0.1) is 5.92 Å². The molecule has 1 aromatic rings. The van der Waals surface area contributed by atoms with Crippen molar-refractivity contribution in [2.75, 3.05) is 13.6 Å². The normalized spacial score (nSPS) is 21.2. The number of rotatable bonds is 8. The molecule has 1 unspecified atom stereocenters. The highest BCUT2D eigenvalue weighted by atomic mass is 16.4. The van der Waals surface area contributed by atoms with Crippen molar-refractivity contribution in [3.05, 3.63) is 35.9 Å². The molecule has 2 rings (SSSR count). The van der Waals surface area contributed by atoms with Gasteiger partial charge in [-0.25, -0.2) is 4.79 Å². The Morgan fingerprint density at radius 3 is 2.46 bits per heavy atom. The average Bonchev–Trinajstić information content (AvgIpc) is 2.62. The molecule has 6 heteroatoms. The standard InChI is InChI=1S/C20H31N3O3/c1-15(23(2)14-16-6-4-3-5-7-16)12-13-21-20(26)22-18-10-8-17(9-11-18)19(24)25/h3-7,15,17-18H,8-14H2,1-2H3,(H,24,25)(H2,21,22,26). The van der Waals surface area contributed by atoms with E-state index in [4.69, 9.17) is 5.11 Å². The van der Waals surface area contributed by atoms with Gasteiger partial charge in [-0.2, -0.15) is 0 Å². The second-order valence-corrected chi connectivity index (χ2v) is 7.33. The van der Waals surface area contributed by atoms with E-state index in [9.17, 15) is 9.59 Å². The number of nitrogens with one attached hydrogen (secondary N) is 2. The summed E-state index contributed by atoms with van der Waals surface area (Å²) in [6.07, 6.45) is 3.63. The molecule has 2 amide bonds. The van der Waals surface area contributed by atoms with Crippen molar-refractivity contribution in [1.82, 2.24) is 15.5 Å². The number of aliphatic carboxylic acids is 1. The van der Waals surface area contributed by atoms with Gasteiger partial charge in [0, 0.05) is 25.2 Å². The third-order valence-electron chi connectivity index (χ3n) is 5.29. The smallest absolute Gasteiger partial charge is 0.315 e. The van der Waals surface area contributed by atoms with E-state index in [1.54, 1.807) is 0 Å². The van der Waals surface area contributed by atoms with Crippen LogP contribution >= 0.6 is 0 Å². The summed E-state index contributed by atoms with van der Waals surface area (Å²) in [4.78, 5) is 25.3. The molecule has 0 radical (unpaired) electrons. The first-order valence-corrected chi connectivity index (χ1v) is 9.47. The van der Waals surface area contributed by atoms with E-state index in [0.29, 0.717) is 25.4 Å². The molecule has 1 aliphatic carbocycles. The fraction of sp³-hybridized carbons (Fsp3) is 0.600. The maximum Gasteiger partial charge on any atom is 0.315 e. The van der Waals surface area contributed by atoms with Crippen LogP contribution < -0.4 is 10.6 Å². The second kappa shape index (κ2) is 10.2. The number of carbonyl (C=O) groups excluding carboxylic acids is 1. The number of carboxylic acid groups (broad SMARTS) is 1. The Morgan fingerprint density at radius 2 is 1.85 bits per heavy atom. The summed E-state index contributed by atoms with van der Waals surface area (Å²) in [7, 11) is 2.10. The topological polar surface area (TPSA) is 81.7 Å². The minimum absolute atomic E-state index is 0.0868. The molecule has 0 spiro atoms. The number of urea groups is 1. The van der Waals surface area contributed by atoms with E-state index in [2.05, 4.69) is 41.6 Å². The number of hydrogen-bond donors (Lipinski definition) is 3. The first-order chi connectivity index (χ1) is 12.5. The van der Waals surface area contributed by atoms with Gasteiger partial charge >= 0.3 is 12.0 Å². The molecule has 144 valence electrons. The van der Waals surface area contributed by atoms with Gasteiger partial charge in [0.25, 0.3) is 0 Å². The lowest BCUT2D eigenvalue weighted by atomic mass is 9.86. The first-order valence-electron chi connectivity index (χ1n) is 9.47. The number of hydrogen-bond acceptors (Lipinski definition) is 3. The van der Waals surface area contributed by atoms with E-state index < -0.39 is 5.97 Å². The molecular formula is C20H31N3O3. The Labute approximate surface area is 156 Å². The fourth-order valence-electron chi connectivity index (χ4n) is 3.36.